The zero-order valence-electron chi connectivity index (χ0n) is 9.63. The average molecular weight is 236 g/mol. The summed E-state index contributed by atoms with van der Waals surface area (Å²) in [7, 11) is 0. The Morgan fingerprint density at radius 2 is 1.56 bits per heavy atom. The smallest absolute Gasteiger partial charge is 0.364 e. The highest BCUT2D eigenvalue weighted by Gasteiger charge is 2.18. The molecule has 0 radical (unpaired) electrons. The van der Waals surface area contributed by atoms with Crippen molar-refractivity contribution in [2.24, 2.45) is 5.73 Å². The third-order valence-electron chi connectivity index (χ3n) is 1.80. The van der Waals surface area contributed by atoms with Crippen LogP contribution in [-0.4, -0.2) is 46.9 Å². The predicted octanol–water partition coefficient (Wildman–Crippen LogP) is -0.228. The lowest BCUT2D eigenvalue weighted by atomic mass is 10.3. The summed E-state index contributed by atoms with van der Waals surface area (Å²) in [6, 6.07) is -0.880. The van der Waals surface area contributed by atoms with Crippen molar-refractivity contribution in [2.45, 2.75) is 38.9 Å². The molecule has 0 fully saturated rings. The van der Waals surface area contributed by atoms with Crippen LogP contribution in [0.4, 0.5) is 4.79 Å². The standard InChI is InChI=1S/C9H20N2O5/c1-7(3-5-12)15-11(9(10)14)16-8(2)4-6-13/h7-8,12-13H,3-6H2,1-2H3,(H2,10,14). The second kappa shape index (κ2) is 8.28. The first-order valence-corrected chi connectivity index (χ1v) is 5.16. The van der Waals surface area contributed by atoms with Crippen molar-refractivity contribution in [3.8, 4) is 0 Å². The maximum absolute atomic E-state index is 11.0. The van der Waals surface area contributed by atoms with Crippen molar-refractivity contribution < 1.29 is 24.7 Å². The third-order valence-corrected chi connectivity index (χ3v) is 1.80. The summed E-state index contributed by atoms with van der Waals surface area (Å²) >= 11 is 0. The van der Waals surface area contributed by atoms with Gasteiger partial charge in [-0.1, -0.05) is 5.23 Å². The lowest BCUT2D eigenvalue weighted by Crippen LogP contribution is -2.40. The summed E-state index contributed by atoms with van der Waals surface area (Å²) in [5.41, 5.74) is 5.04. The van der Waals surface area contributed by atoms with Crippen LogP contribution in [0.3, 0.4) is 0 Å². The van der Waals surface area contributed by atoms with Gasteiger partial charge in [-0.3, -0.25) is 0 Å². The minimum absolute atomic E-state index is 0.0556. The molecule has 2 amide bonds. The van der Waals surface area contributed by atoms with Crippen molar-refractivity contribution >= 4 is 6.03 Å². The van der Waals surface area contributed by atoms with Gasteiger partial charge in [-0.05, 0) is 26.7 Å². The molecule has 0 aromatic heterocycles. The highest BCUT2D eigenvalue weighted by molar-refractivity contribution is 5.69. The van der Waals surface area contributed by atoms with Gasteiger partial charge < -0.3 is 15.9 Å². The summed E-state index contributed by atoms with van der Waals surface area (Å²) in [5.74, 6) is 0. The van der Waals surface area contributed by atoms with Crippen LogP contribution in [-0.2, 0) is 9.68 Å². The van der Waals surface area contributed by atoms with Crippen LogP contribution in [0.15, 0.2) is 0 Å². The number of urea groups is 1. The van der Waals surface area contributed by atoms with E-state index in [2.05, 4.69) is 0 Å². The van der Waals surface area contributed by atoms with E-state index < -0.39 is 6.03 Å². The number of aliphatic hydroxyl groups is 2. The largest absolute Gasteiger partial charge is 0.396 e. The zero-order valence-corrected chi connectivity index (χ0v) is 9.63. The van der Waals surface area contributed by atoms with Gasteiger partial charge in [0.25, 0.3) is 0 Å². The number of hydrogen-bond acceptors (Lipinski definition) is 5. The number of primary amides is 1. The monoisotopic (exact) mass is 236 g/mol. The molecule has 7 nitrogen and oxygen atoms in total. The van der Waals surface area contributed by atoms with Crippen LogP contribution >= 0.6 is 0 Å². The predicted molar refractivity (Wildman–Crippen MR) is 55.9 cm³/mol. The Labute approximate surface area is 94.6 Å². The Hall–Kier alpha value is -0.890. The number of carbonyl (C=O) groups excluding carboxylic acids is 1. The molecule has 2 atom stereocenters. The molecule has 96 valence electrons. The van der Waals surface area contributed by atoms with Crippen LogP contribution in [0, 0.1) is 0 Å². The van der Waals surface area contributed by atoms with Crippen LogP contribution in [0.2, 0.25) is 0 Å². The zero-order chi connectivity index (χ0) is 12.6. The first-order chi connectivity index (χ1) is 7.51. The Morgan fingerprint density at radius 1 is 1.19 bits per heavy atom. The van der Waals surface area contributed by atoms with Gasteiger partial charge in [0.2, 0.25) is 0 Å². The van der Waals surface area contributed by atoms with Crippen molar-refractivity contribution in [3.05, 3.63) is 0 Å². The molecule has 0 bridgehead atoms. The molecule has 4 N–H and O–H groups in total. The number of hydroxylamine groups is 2. The molecule has 0 aliphatic carbocycles. The van der Waals surface area contributed by atoms with E-state index in [4.69, 9.17) is 25.6 Å². The van der Waals surface area contributed by atoms with E-state index in [1.54, 1.807) is 13.8 Å². The van der Waals surface area contributed by atoms with Gasteiger partial charge in [0.1, 0.15) is 0 Å². The van der Waals surface area contributed by atoms with Crippen LogP contribution in [0.5, 0.6) is 0 Å². The molecule has 0 aromatic carbocycles. The normalized spacial score (nSPS) is 14.5. The summed E-state index contributed by atoms with van der Waals surface area (Å²) < 4.78 is 0. The van der Waals surface area contributed by atoms with E-state index in [0.29, 0.717) is 18.1 Å². The number of carbonyl (C=O) groups is 1. The highest BCUT2D eigenvalue weighted by Crippen LogP contribution is 2.06. The Balaban J connectivity index is 4.11. The fourth-order valence-corrected chi connectivity index (χ4v) is 0.925. The number of rotatable bonds is 8. The number of nitrogens with zero attached hydrogens (tertiary/aromatic N) is 1. The maximum Gasteiger partial charge on any atom is 0.364 e. The molecule has 0 rings (SSSR count). The molecule has 16 heavy (non-hydrogen) atoms. The van der Waals surface area contributed by atoms with E-state index in [1.165, 1.54) is 0 Å². The van der Waals surface area contributed by atoms with Crippen molar-refractivity contribution in [1.29, 1.82) is 0 Å². The second-order valence-electron chi connectivity index (χ2n) is 3.45. The van der Waals surface area contributed by atoms with E-state index in [1.807, 2.05) is 0 Å². The van der Waals surface area contributed by atoms with Crippen LogP contribution < -0.4 is 5.73 Å². The first-order valence-electron chi connectivity index (χ1n) is 5.16. The number of nitrogens with two attached hydrogens (primary N) is 1. The summed E-state index contributed by atoms with van der Waals surface area (Å²) in [6.45, 7) is 3.23. The van der Waals surface area contributed by atoms with Gasteiger partial charge in [0.05, 0.1) is 12.2 Å². The number of hydrogen-bond donors (Lipinski definition) is 3. The molecule has 0 heterocycles. The minimum atomic E-state index is -0.880. The molecular weight excluding hydrogens is 216 g/mol. The van der Waals surface area contributed by atoms with Gasteiger partial charge in [-0.2, -0.15) is 0 Å². The van der Waals surface area contributed by atoms with E-state index in [0.717, 1.165) is 0 Å². The fourth-order valence-electron chi connectivity index (χ4n) is 0.925. The van der Waals surface area contributed by atoms with Crippen molar-refractivity contribution in [1.82, 2.24) is 5.23 Å². The fraction of sp³-hybridized carbons (Fsp3) is 0.889. The summed E-state index contributed by atoms with van der Waals surface area (Å²) in [5, 5.41) is 17.9. The Kier molecular flexibility index (Phi) is 7.82. The van der Waals surface area contributed by atoms with Crippen LogP contribution in [0.25, 0.3) is 0 Å². The number of aliphatic hydroxyl groups excluding tert-OH is 2. The summed E-state index contributed by atoms with van der Waals surface area (Å²) in [4.78, 5) is 21.1. The quantitative estimate of drug-likeness (QED) is 0.505. The first kappa shape index (κ1) is 15.1. The maximum atomic E-state index is 11.0. The molecule has 0 spiro atoms. The molecule has 7 heteroatoms. The van der Waals surface area contributed by atoms with Crippen molar-refractivity contribution in [2.75, 3.05) is 13.2 Å². The lowest BCUT2D eigenvalue weighted by Gasteiger charge is -2.24. The minimum Gasteiger partial charge on any atom is -0.396 e. The Bertz CT molecular complexity index is 188. The lowest BCUT2D eigenvalue weighted by molar-refractivity contribution is -0.359. The van der Waals surface area contributed by atoms with Crippen LogP contribution in [0.1, 0.15) is 26.7 Å². The second-order valence-corrected chi connectivity index (χ2v) is 3.45. The number of amides is 2. The SMILES string of the molecule is CC(CCO)ON(OC(C)CCO)C(N)=O. The molecule has 0 saturated carbocycles. The van der Waals surface area contributed by atoms with E-state index >= 15 is 0 Å². The molecular formula is C9H20N2O5. The molecule has 2 unspecified atom stereocenters. The average Bonchev–Trinajstić information content (AvgIpc) is 2.17. The van der Waals surface area contributed by atoms with Gasteiger partial charge in [0.15, 0.2) is 0 Å². The molecule has 0 saturated heterocycles. The molecule has 0 aliphatic heterocycles. The van der Waals surface area contributed by atoms with Gasteiger partial charge >= 0.3 is 6.03 Å². The van der Waals surface area contributed by atoms with Crippen molar-refractivity contribution in [3.63, 3.8) is 0 Å². The highest BCUT2D eigenvalue weighted by atomic mass is 17.0. The molecule has 0 aliphatic rings. The topological polar surface area (TPSA) is 105 Å². The summed E-state index contributed by atoms with van der Waals surface area (Å²) in [6.07, 6.45) is -0.0547. The van der Waals surface area contributed by atoms with Gasteiger partial charge in [-0.15, -0.1) is 0 Å². The van der Waals surface area contributed by atoms with E-state index in [9.17, 15) is 4.79 Å². The third kappa shape index (κ3) is 6.57. The van der Waals surface area contributed by atoms with Gasteiger partial charge in [0, 0.05) is 13.2 Å². The molecule has 0 aromatic rings. The van der Waals surface area contributed by atoms with E-state index in [-0.39, 0.29) is 25.4 Å². The Morgan fingerprint density at radius 3 is 1.81 bits per heavy atom. The van der Waals surface area contributed by atoms with Gasteiger partial charge in [-0.25, -0.2) is 14.5 Å².